The van der Waals surface area contributed by atoms with Crippen LogP contribution in [-0.2, 0) is 12.6 Å². The molecule has 6 nitrogen and oxygen atoms in total. The summed E-state index contributed by atoms with van der Waals surface area (Å²) in [6.07, 6.45) is 2.25. The molecule has 1 saturated heterocycles. The number of fused-ring (bicyclic) bond motifs is 1. The van der Waals surface area contributed by atoms with Gasteiger partial charge >= 0.3 is 6.18 Å². The Morgan fingerprint density at radius 2 is 1.86 bits per heavy atom. The molecular formula is C26H28F3N5O. The molecule has 35 heavy (non-hydrogen) atoms. The standard InChI is InChI=1S/C26H28F3N5O/c1-15-10-16(2)33-23(22(15)24-30-8-3-9-31-24)25(35)34-14-18-11-17(18)12-21(34)7-6-20-5-4-19(13-32-20)26(27,28)29/h3-5,8-10,13,17-18,21,25,35H,6-7,11-12,14H2,1-2H3. The summed E-state index contributed by atoms with van der Waals surface area (Å²) in [7, 11) is 0. The third kappa shape index (κ3) is 5.06. The number of hydrogen-bond donors (Lipinski definition) is 1. The van der Waals surface area contributed by atoms with Gasteiger partial charge in [-0.05, 0) is 81.2 Å². The fraction of sp³-hybridized carbons (Fsp3) is 0.462. The molecule has 0 spiro atoms. The van der Waals surface area contributed by atoms with Gasteiger partial charge in [-0.25, -0.2) is 9.97 Å². The highest BCUT2D eigenvalue weighted by molar-refractivity contribution is 5.63. The van der Waals surface area contributed by atoms with Gasteiger partial charge in [0.15, 0.2) is 12.1 Å². The minimum absolute atomic E-state index is 0.0741. The lowest BCUT2D eigenvalue weighted by molar-refractivity contribution is -0.137. The van der Waals surface area contributed by atoms with Crippen molar-refractivity contribution in [3.63, 3.8) is 0 Å². The molecule has 4 heterocycles. The van der Waals surface area contributed by atoms with Crippen molar-refractivity contribution in [3.05, 3.63) is 71.1 Å². The molecule has 3 aromatic heterocycles. The Balaban J connectivity index is 1.39. The molecule has 184 valence electrons. The number of likely N-dealkylation sites (tertiary alicyclic amines) is 1. The van der Waals surface area contributed by atoms with Crippen LogP contribution >= 0.6 is 0 Å². The number of aliphatic hydroxyl groups is 1. The van der Waals surface area contributed by atoms with E-state index in [0.29, 0.717) is 41.9 Å². The zero-order valence-electron chi connectivity index (χ0n) is 19.7. The van der Waals surface area contributed by atoms with Gasteiger partial charge in [-0.1, -0.05) is 0 Å². The van der Waals surface area contributed by atoms with Gasteiger partial charge in [0, 0.05) is 48.1 Å². The Kier molecular flexibility index (Phi) is 6.31. The van der Waals surface area contributed by atoms with E-state index in [1.165, 1.54) is 6.07 Å². The molecule has 1 saturated carbocycles. The van der Waals surface area contributed by atoms with E-state index in [4.69, 9.17) is 4.98 Å². The number of nitrogens with zero attached hydrogens (tertiary/aromatic N) is 5. The summed E-state index contributed by atoms with van der Waals surface area (Å²) in [5.74, 6) is 1.74. The molecule has 1 aliphatic carbocycles. The summed E-state index contributed by atoms with van der Waals surface area (Å²) >= 11 is 0. The smallest absolute Gasteiger partial charge is 0.372 e. The van der Waals surface area contributed by atoms with E-state index >= 15 is 0 Å². The SMILES string of the molecule is Cc1cc(C)c(-c2ncccn2)c(C(O)N2CC3CC3CC2CCc2ccc(C(F)(F)F)cn2)n1. The van der Waals surface area contributed by atoms with E-state index in [1.54, 1.807) is 18.5 Å². The van der Waals surface area contributed by atoms with Crippen LogP contribution in [0.2, 0.25) is 0 Å². The van der Waals surface area contributed by atoms with Crippen LogP contribution in [0.1, 0.15) is 53.7 Å². The quantitative estimate of drug-likeness (QED) is 0.537. The lowest BCUT2D eigenvalue weighted by atomic mass is 9.95. The summed E-state index contributed by atoms with van der Waals surface area (Å²) in [5, 5.41) is 11.6. The van der Waals surface area contributed by atoms with Crippen molar-refractivity contribution in [1.29, 1.82) is 0 Å². The summed E-state index contributed by atoms with van der Waals surface area (Å²) in [5.41, 5.74) is 2.92. The number of halogens is 3. The van der Waals surface area contributed by atoms with E-state index < -0.39 is 18.0 Å². The number of pyridine rings is 2. The Morgan fingerprint density at radius 3 is 2.54 bits per heavy atom. The minimum atomic E-state index is -4.39. The first-order valence-corrected chi connectivity index (χ1v) is 11.9. The molecule has 3 aromatic rings. The lowest BCUT2D eigenvalue weighted by Gasteiger charge is -2.39. The van der Waals surface area contributed by atoms with Crippen LogP contribution in [0.25, 0.3) is 11.4 Å². The van der Waals surface area contributed by atoms with Crippen LogP contribution in [0.15, 0.2) is 42.9 Å². The fourth-order valence-corrected chi connectivity index (χ4v) is 5.29. The van der Waals surface area contributed by atoms with E-state index in [-0.39, 0.29) is 6.04 Å². The maximum Gasteiger partial charge on any atom is 0.417 e. The lowest BCUT2D eigenvalue weighted by Crippen LogP contribution is -2.44. The van der Waals surface area contributed by atoms with Crippen molar-refractivity contribution in [2.45, 2.75) is 58.0 Å². The Labute approximate surface area is 202 Å². The summed E-state index contributed by atoms with van der Waals surface area (Å²) in [4.78, 5) is 19.7. The van der Waals surface area contributed by atoms with Gasteiger partial charge in [-0.2, -0.15) is 13.2 Å². The van der Waals surface area contributed by atoms with E-state index in [2.05, 4.69) is 19.9 Å². The van der Waals surface area contributed by atoms with Crippen LogP contribution in [-0.4, -0.2) is 42.5 Å². The van der Waals surface area contributed by atoms with Gasteiger partial charge in [-0.3, -0.25) is 14.9 Å². The Hall–Kier alpha value is -2.91. The Morgan fingerprint density at radius 1 is 1.09 bits per heavy atom. The number of rotatable bonds is 6. The van der Waals surface area contributed by atoms with Gasteiger partial charge in [0.1, 0.15) is 0 Å². The van der Waals surface area contributed by atoms with Gasteiger partial charge in [0.2, 0.25) is 0 Å². The van der Waals surface area contributed by atoms with Gasteiger partial charge < -0.3 is 5.11 Å². The number of aromatic nitrogens is 4. The largest absolute Gasteiger partial charge is 0.417 e. The van der Waals surface area contributed by atoms with Crippen LogP contribution in [0.4, 0.5) is 13.2 Å². The number of alkyl halides is 3. The average Bonchev–Trinajstić information content (AvgIpc) is 3.60. The van der Waals surface area contributed by atoms with Gasteiger partial charge in [0.25, 0.3) is 0 Å². The molecule has 5 rings (SSSR count). The maximum absolute atomic E-state index is 12.9. The van der Waals surface area contributed by atoms with Crippen molar-refractivity contribution < 1.29 is 18.3 Å². The van der Waals surface area contributed by atoms with Gasteiger partial charge in [0.05, 0.1) is 11.3 Å². The minimum Gasteiger partial charge on any atom is -0.372 e. The van der Waals surface area contributed by atoms with Crippen LogP contribution in [0.3, 0.4) is 0 Å². The molecule has 0 aromatic carbocycles. The van der Waals surface area contributed by atoms with Crippen molar-refractivity contribution in [3.8, 4) is 11.4 Å². The molecule has 4 atom stereocenters. The second-order valence-electron chi connectivity index (χ2n) is 9.70. The second-order valence-corrected chi connectivity index (χ2v) is 9.70. The maximum atomic E-state index is 12.9. The number of aliphatic hydroxyl groups excluding tert-OH is 1. The second kappa shape index (κ2) is 9.28. The Bertz CT molecular complexity index is 1190. The monoisotopic (exact) mass is 483 g/mol. The predicted molar refractivity (Wildman–Crippen MR) is 124 cm³/mol. The zero-order chi connectivity index (χ0) is 24.7. The topological polar surface area (TPSA) is 75.0 Å². The first kappa shape index (κ1) is 23.8. The molecule has 9 heteroatoms. The zero-order valence-corrected chi connectivity index (χ0v) is 19.7. The molecule has 0 amide bonds. The molecule has 0 bridgehead atoms. The molecule has 1 N–H and O–H groups in total. The van der Waals surface area contributed by atoms with Crippen molar-refractivity contribution >= 4 is 0 Å². The number of aryl methyl sites for hydroxylation is 3. The number of piperidine rings is 1. The summed E-state index contributed by atoms with van der Waals surface area (Å²) in [6.45, 7) is 4.64. The highest BCUT2D eigenvalue weighted by Gasteiger charge is 2.47. The van der Waals surface area contributed by atoms with Crippen LogP contribution in [0, 0.1) is 25.7 Å². The van der Waals surface area contributed by atoms with Gasteiger partial charge in [-0.15, -0.1) is 0 Å². The summed E-state index contributed by atoms with van der Waals surface area (Å²) in [6, 6.07) is 6.31. The van der Waals surface area contributed by atoms with Crippen molar-refractivity contribution in [2.75, 3.05) is 6.54 Å². The third-order valence-electron chi connectivity index (χ3n) is 7.16. The average molecular weight is 484 g/mol. The van der Waals surface area contributed by atoms with E-state index in [1.807, 2.05) is 19.9 Å². The molecule has 2 fully saturated rings. The fourth-order valence-electron chi connectivity index (χ4n) is 5.29. The third-order valence-corrected chi connectivity index (χ3v) is 7.16. The summed E-state index contributed by atoms with van der Waals surface area (Å²) < 4.78 is 38.6. The van der Waals surface area contributed by atoms with E-state index in [0.717, 1.165) is 48.5 Å². The van der Waals surface area contributed by atoms with Crippen molar-refractivity contribution in [2.24, 2.45) is 11.8 Å². The predicted octanol–water partition coefficient (Wildman–Crippen LogP) is 4.90. The van der Waals surface area contributed by atoms with E-state index in [9.17, 15) is 18.3 Å². The van der Waals surface area contributed by atoms with Crippen LogP contribution < -0.4 is 0 Å². The molecule has 2 aliphatic rings. The first-order chi connectivity index (χ1) is 16.7. The molecular weight excluding hydrogens is 455 g/mol. The molecule has 1 aliphatic heterocycles. The normalized spacial score (nSPS) is 23.1. The van der Waals surface area contributed by atoms with Crippen LogP contribution in [0.5, 0.6) is 0 Å². The number of hydrogen-bond acceptors (Lipinski definition) is 6. The molecule has 4 unspecified atom stereocenters. The highest BCUT2D eigenvalue weighted by Crippen LogP contribution is 2.49. The molecule has 0 radical (unpaired) electrons. The van der Waals surface area contributed by atoms with Crippen molar-refractivity contribution in [1.82, 2.24) is 24.8 Å². The first-order valence-electron chi connectivity index (χ1n) is 11.9. The highest BCUT2D eigenvalue weighted by atomic mass is 19.4.